The van der Waals surface area contributed by atoms with Crippen molar-refractivity contribution in [2.75, 3.05) is 5.33 Å². The third kappa shape index (κ3) is 3.99. The number of hydrogen-bond acceptors (Lipinski definition) is 1. The maximum Gasteiger partial charge on any atom is 0.00749 e. The molecule has 1 aliphatic rings. The lowest BCUT2D eigenvalue weighted by Crippen LogP contribution is -2.41. The maximum absolute atomic E-state index is 3.74. The van der Waals surface area contributed by atoms with Crippen molar-refractivity contribution in [2.24, 2.45) is 5.92 Å². The van der Waals surface area contributed by atoms with Crippen molar-refractivity contribution in [1.82, 2.24) is 5.32 Å². The Kier molecular flexibility index (Phi) is 5.34. The molecule has 1 aliphatic carbocycles. The molecule has 2 atom stereocenters. The van der Waals surface area contributed by atoms with Crippen molar-refractivity contribution >= 4 is 15.9 Å². The fourth-order valence-electron chi connectivity index (χ4n) is 1.94. The summed E-state index contributed by atoms with van der Waals surface area (Å²) in [6.07, 6.45) is 7.07. The molecule has 0 spiro atoms. The summed E-state index contributed by atoms with van der Waals surface area (Å²) in [6, 6.07) is 1.45. The molecule has 1 fully saturated rings. The van der Waals surface area contributed by atoms with Gasteiger partial charge >= 0.3 is 0 Å². The zero-order chi connectivity index (χ0) is 9.68. The third-order valence-corrected chi connectivity index (χ3v) is 4.22. The number of rotatable bonds is 4. The molecule has 0 bridgehead atoms. The van der Waals surface area contributed by atoms with Crippen LogP contribution >= 0.6 is 15.9 Å². The van der Waals surface area contributed by atoms with Crippen LogP contribution in [0.4, 0.5) is 0 Å². The monoisotopic (exact) mass is 247 g/mol. The molecule has 0 aromatic rings. The summed E-state index contributed by atoms with van der Waals surface area (Å²) in [5, 5.41) is 4.84. The fraction of sp³-hybridized carbons (Fsp3) is 1.00. The van der Waals surface area contributed by atoms with Gasteiger partial charge in [-0.15, -0.1) is 0 Å². The van der Waals surface area contributed by atoms with Gasteiger partial charge in [0.1, 0.15) is 0 Å². The summed E-state index contributed by atoms with van der Waals surface area (Å²) in [4.78, 5) is 0. The lowest BCUT2D eigenvalue weighted by molar-refractivity contribution is 0.312. The summed E-state index contributed by atoms with van der Waals surface area (Å²) < 4.78 is 0. The molecule has 0 amide bonds. The highest BCUT2D eigenvalue weighted by atomic mass is 79.9. The molecule has 0 radical (unpaired) electrons. The Balaban J connectivity index is 2.21. The van der Waals surface area contributed by atoms with Crippen LogP contribution in [0.2, 0.25) is 0 Å². The van der Waals surface area contributed by atoms with E-state index in [0.717, 1.165) is 17.3 Å². The molecule has 1 nitrogen and oxygen atoms in total. The summed E-state index contributed by atoms with van der Waals surface area (Å²) in [7, 11) is 0. The summed E-state index contributed by atoms with van der Waals surface area (Å²) in [5.74, 6) is 0.738. The molecule has 2 unspecified atom stereocenters. The van der Waals surface area contributed by atoms with Crippen LogP contribution in [0, 0.1) is 5.92 Å². The second-order valence-corrected chi connectivity index (χ2v) is 5.07. The predicted octanol–water partition coefficient (Wildman–Crippen LogP) is 3.33. The number of nitrogens with one attached hydrogen (secondary N) is 1. The molecule has 1 saturated carbocycles. The van der Waals surface area contributed by atoms with Crippen LogP contribution < -0.4 is 5.32 Å². The average Bonchev–Trinajstić information content (AvgIpc) is 2.18. The molecule has 0 saturated heterocycles. The molecule has 0 aliphatic heterocycles. The normalized spacial score (nSPS) is 24.2. The number of halogens is 1. The van der Waals surface area contributed by atoms with Gasteiger partial charge in [0.2, 0.25) is 0 Å². The highest BCUT2D eigenvalue weighted by Crippen LogP contribution is 2.19. The molecule has 0 heterocycles. The average molecular weight is 248 g/mol. The Bertz CT molecular complexity index is 132. The predicted molar refractivity (Wildman–Crippen MR) is 62.4 cm³/mol. The van der Waals surface area contributed by atoms with E-state index in [4.69, 9.17) is 0 Å². The van der Waals surface area contributed by atoms with Gasteiger partial charge in [0, 0.05) is 17.4 Å². The second kappa shape index (κ2) is 6.02. The van der Waals surface area contributed by atoms with E-state index < -0.39 is 0 Å². The molecule has 1 N–H and O–H groups in total. The first-order valence-electron chi connectivity index (χ1n) is 5.56. The van der Waals surface area contributed by atoms with Crippen molar-refractivity contribution in [1.29, 1.82) is 0 Å². The van der Waals surface area contributed by atoms with Crippen LogP contribution in [-0.4, -0.2) is 17.4 Å². The Morgan fingerprint density at radius 2 is 1.85 bits per heavy atom. The standard InChI is InChI=1S/C11H22BrN/c1-9(8-12)10(2)13-11-6-4-3-5-7-11/h9-11,13H,3-8H2,1-2H3. The van der Waals surface area contributed by atoms with E-state index in [2.05, 4.69) is 35.1 Å². The van der Waals surface area contributed by atoms with E-state index >= 15 is 0 Å². The SMILES string of the molecule is CC(CBr)C(C)NC1CCCCC1. The summed E-state index contributed by atoms with van der Waals surface area (Å²) in [5.41, 5.74) is 0. The first-order valence-corrected chi connectivity index (χ1v) is 6.68. The van der Waals surface area contributed by atoms with Crippen molar-refractivity contribution in [3.05, 3.63) is 0 Å². The van der Waals surface area contributed by atoms with Crippen molar-refractivity contribution in [3.8, 4) is 0 Å². The Morgan fingerprint density at radius 3 is 2.38 bits per heavy atom. The van der Waals surface area contributed by atoms with Crippen LogP contribution in [0.15, 0.2) is 0 Å². The van der Waals surface area contributed by atoms with Gasteiger partial charge in [-0.2, -0.15) is 0 Å². The quantitative estimate of drug-likeness (QED) is 0.752. The van der Waals surface area contributed by atoms with Crippen LogP contribution in [0.25, 0.3) is 0 Å². The lowest BCUT2D eigenvalue weighted by atomic mass is 9.94. The highest BCUT2D eigenvalue weighted by Gasteiger charge is 2.17. The largest absolute Gasteiger partial charge is 0.311 e. The number of alkyl halides is 1. The van der Waals surface area contributed by atoms with E-state index in [0.29, 0.717) is 6.04 Å². The van der Waals surface area contributed by atoms with Crippen LogP contribution in [0.3, 0.4) is 0 Å². The molecule has 2 heteroatoms. The first-order chi connectivity index (χ1) is 6.24. The highest BCUT2D eigenvalue weighted by molar-refractivity contribution is 9.09. The van der Waals surface area contributed by atoms with Gasteiger partial charge in [0.05, 0.1) is 0 Å². The van der Waals surface area contributed by atoms with Gasteiger partial charge in [-0.1, -0.05) is 42.1 Å². The number of hydrogen-bond donors (Lipinski definition) is 1. The first kappa shape index (κ1) is 11.5. The van der Waals surface area contributed by atoms with E-state index in [1.807, 2.05) is 0 Å². The minimum atomic E-state index is 0.655. The topological polar surface area (TPSA) is 12.0 Å². The van der Waals surface area contributed by atoms with E-state index in [1.54, 1.807) is 0 Å². The van der Waals surface area contributed by atoms with Crippen LogP contribution in [0.1, 0.15) is 46.0 Å². The second-order valence-electron chi connectivity index (χ2n) is 4.42. The molecule has 0 aromatic heterocycles. The fourth-order valence-corrected chi connectivity index (χ4v) is 2.50. The third-order valence-electron chi connectivity index (χ3n) is 3.20. The van der Waals surface area contributed by atoms with Gasteiger partial charge < -0.3 is 5.32 Å². The molecular formula is C11H22BrN. The van der Waals surface area contributed by atoms with Crippen LogP contribution in [-0.2, 0) is 0 Å². The minimum Gasteiger partial charge on any atom is -0.311 e. The molecule has 13 heavy (non-hydrogen) atoms. The lowest BCUT2D eigenvalue weighted by Gasteiger charge is -2.29. The molecular weight excluding hydrogens is 226 g/mol. The Morgan fingerprint density at radius 1 is 1.23 bits per heavy atom. The van der Waals surface area contributed by atoms with Gasteiger partial charge in [-0.05, 0) is 25.7 Å². The van der Waals surface area contributed by atoms with E-state index in [1.165, 1.54) is 32.1 Å². The van der Waals surface area contributed by atoms with Crippen molar-refractivity contribution < 1.29 is 0 Å². The molecule has 78 valence electrons. The van der Waals surface area contributed by atoms with Crippen LogP contribution in [0.5, 0.6) is 0 Å². The summed E-state index contributed by atoms with van der Waals surface area (Å²) in [6.45, 7) is 4.61. The zero-order valence-corrected chi connectivity index (χ0v) is 10.4. The smallest absolute Gasteiger partial charge is 0.00749 e. The van der Waals surface area contributed by atoms with E-state index in [-0.39, 0.29) is 0 Å². The van der Waals surface area contributed by atoms with Gasteiger partial charge in [-0.3, -0.25) is 0 Å². The van der Waals surface area contributed by atoms with Gasteiger partial charge in [0.25, 0.3) is 0 Å². The maximum atomic E-state index is 3.74. The molecule has 1 rings (SSSR count). The van der Waals surface area contributed by atoms with Crippen molar-refractivity contribution in [2.45, 2.75) is 58.0 Å². The van der Waals surface area contributed by atoms with Gasteiger partial charge in [-0.25, -0.2) is 0 Å². The Hall–Kier alpha value is 0.440. The zero-order valence-electron chi connectivity index (χ0n) is 8.85. The van der Waals surface area contributed by atoms with E-state index in [9.17, 15) is 0 Å². The van der Waals surface area contributed by atoms with Gasteiger partial charge in [0.15, 0.2) is 0 Å². The molecule has 0 aromatic carbocycles. The summed E-state index contributed by atoms with van der Waals surface area (Å²) >= 11 is 3.54. The minimum absolute atomic E-state index is 0.655. The Labute approximate surface area is 90.8 Å². The van der Waals surface area contributed by atoms with Crippen molar-refractivity contribution in [3.63, 3.8) is 0 Å².